The fourth-order valence-electron chi connectivity index (χ4n) is 1.92. The van der Waals surface area contributed by atoms with Gasteiger partial charge in [-0.25, -0.2) is 0 Å². The molecule has 7 heteroatoms. The van der Waals surface area contributed by atoms with Crippen molar-refractivity contribution in [2.24, 2.45) is 0 Å². The summed E-state index contributed by atoms with van der Waals surface area (Å²) in [6, 6.07) is 11.8. The van der Waals surface area contributed by atoms with Gasteiger partial charge in [-0.3, -0.25) is 14.7 Å². The van der Waals surface area contributed by atoms with Gasteiger partial charge in [0.2, 0.25) is 8.03 Å². The van der Waals surface area contributed by atoms with E-state index in [-0.39, 0.29) is 17.6 Å². The summed E-state index contributed by atoms with van der Waals surface area (Å²) in [5, 5.41) is 11.2. The van der Waals surface area contributed by atoms with E-state index in [1.165, 1.54) is 12.1 Å². The minimum Gasteiger partial charge on any atom is -0.457 e. The number of nitro groups is 1. The van der Waals surface area contributed by atoms with Crippen LogP contribution in [0.2, 0.25) is 0 Å². The van der Waals surface area contributed by atoms with Crippen LogP contribution in [0.3, 0.4) is 0 Å². The smallest absolute Gasteiger partial charge is 0.282 e. The SMILES string of the molecule is CCO[PH](=O)c1cc(Oc2ccccc2)c(C)cc1[N+](=O)[O-]. The second kappa shape index (κ2) is 7.20. The largest absolute Gasteiger partial charge is 0.457 e. The molecule has 0 fully saturated rings. The van der Waals surface area contributed by atoms with Gasteiger partial charge in [-0.05, 0) is 31.5 Å². The molecule has 1 unspecified atom stereocenters. The quantitative estimate of drug-likeness (QED) is 0.459. The van der Waals surface area contributed by atoms with Crippen LogP contribution in [-0.4, -0.2) is 11.5 Å². The topological polar surface area (TPSA) is 78.7 Å². The maximum Gasteiger partial charge on any atom is 0.282 e. The monoisotopic (exact) mass is 321 g/mol. The Morgan fingerprint density at radius 1 is 1.23 bits per heavy atom. The Balaban J connectivity index is 2.45. The van der Waals surface area contributed by atoms with Gasteiger partial charge in [0.1, 0.15) is 16.8 Å². The number of hydrogen-bond acceptors (Lipinski definition) is 5. The lowest BCUT2D eigenvalue weighted by atomic mass is 10.2. The fourth-order valence-corrected chi connectivity index (χ4v) is 2.96. The molecule has 0 aromatic heterocycles. The van der Waals surface area contributed by atoms with Crippen molar-refractivity contribution in [2.45, 2.75) is 13.8 Å². The Hall–Kier alpha value is -2.17. The molecule has 0 aliphatic rings. The van der Waals surface area contributed by atoms with Gasteiger partial charge in [-0.2, -0.15) is 0 Å². The molecule has 2 aromatic rings. The molecule has 0 N–H and O–H groups in total. The van der Waals surface area contributed by atoms with Gasteiger partial charge in [0.05, 0.1) is 11.5 Å². The van der Waals surface area contributed by atoms with Crippen molar-refractivity contribution < 1.29 is 18.7 Å². The van der Waals surface area contributed by atoms with Crippen LogP contribution in [0, 0.1) is 17.0 Å². The highest BCUT2D eigenvalue weighted by molar-refractivity contribution is 7.48. The summed E-state index contributed by atoms with van der Waals surface area (Å²) in [7, 11) is -2.69. The second-order valence-electron chi connectivity index (χ2n) is 4.53. The average Bonchev–Trinajstić information content (AvgIpc) is 2.50. The zero-order valence-electron chi connectivity index (χ0n) is 12.2. The van der Waals surface area contributed by atoms with Gasteiger partial charge >= 0.3 is 0 Å². The minimum atomic E-state index is -2.69. The maximum absolute atomic E-state index is 12.1. The van der Waals surface area contributed by atoms with Crippen molar-refractivity contribution in [1.29, 1.82) is 0 Å². The molecule has 2 aromatic carbocycles. The number of hydrogen-bond donors (Lipinski definition) is 0. The molecule has 2 rings (SSSR count). The Bertz CT molecular complexity index is 703. The normalized spacial score (nSPS) is 11.9. The molecule has 0 saturated heterocycles. The standard InChI is InChI=1S/C15H16NO5P/c1-3-20-22(19)15-10-14(11(2)9-13(15)16(17)18)21-12-7-5-4-6-8-12/h4-10,22H,3H2,1-2H3. The molecule has 0 aliphatic carbocycles. The van der Waals surface area contributed by atoms with Crippen LogP contribution in [0.25, 0.3) is 0 Å². The van der Waals surface area contributed by atoms with E-state index in [9.17, 15) is 14.7 Å². The van der Waals surface area contributed by atoms with Gasteiger partial charge in [0.15, 0.2) is 0 Å². The van der Waals surface area contributed by atoms with E-state index in [1.807, 2.05) is 18.2 Å². The van der Waals surface area contributed by atoms with E-state index in [2.05, 4.69) is 0 Å². The van der Waals surface area contributed by atoms with Gasteiger partial charge in [0, 0.05) is 12.1 Å². The molecular weight excluding hydrogens is 305 g/mol. The van der Waals surface area contributed by atoms with Crippen LogP contribution < -0.4 is 10.0 Å². The summed E-state index contributed by atoms with van der Waals surface area (Å²) in [6.07, 6.45) is 0. The lowest BCUT2D eigenvalue weighted by Crippen LogP contribution is -2.08. The van der Waals surface area contributed by atoms with Crippen molar-refractivity contribution in [2.75, 3.05) is 6.61 Å². The van der Waals surface area contributed by atoms with Gasteiger partial charge in [-0.15, -0.1) is 0 Å². The molecule has 1 atom stereocenters. The summed E-state index contributed by atoms with van der Waals surface area (Å²) in [4.78, 5) is 10.6. The van der Waals surface area contributed by atoms with Crippen LogP contribution in [-0.2, 0) is 9.09 Å². The lowest BCUT2D eigenvalue weighted by molar-refractivity contribution is -0.383. The van der Waals surface area contributed by atoms with Crippen molar-refractivity contribution in [3.05, 3.63) is 58.1 Å². The first-order valence-electron chi connectivity index (χ1n) is 6.72. The summed E-state index contributed by atoms with van der Waals surface area (Å²) >= 11 is 0. The maximum atomic E-state index is 12.1. The summed E-state index contributed by atoms with van der Waals surface area (Å²) in [6.45, 7) is 3.61. The minimum absolute atomic E-state index is 0.0633. The first-order valence-corrected chi connectivity index (χ1v) is 8.03. The highest BCUT2D eigenvalue weighted by Crippen LogP contribution is 2.33. The highest BCUT2D eigenvalue weighted by Gasteiger charge is 2.22. The number of rotatable bonds is 6. The molecule has 0 amide bonds. The van der Waals surface area contributed by atoms with E-state index in [4.69, 9.17) is 9.26 Å². The first-order chi connectivity index (χ1) is 10.5. The lowest BCUT2D eigenvalue weighted by Gasteiger charge is -2.11. The molecule has 0 spiro atoms. The van der Waals surface area contributed by atoms with Crippen molar-refractivity contribution in [3.8, 4) is 11.5 Å². The second-order valence-corrected chi connectivity index (χ2v) is 5.93. The third-order valence-corrected chi connectivity index (χ3v) is 4.35. The van der Waals surface area contributed by atoms with Crippen molar-refractivity contribution in [1.82, 2.24) is 0 Å². The average molecular weight is 321 g/mol. The van der Waals surface area contributed by atoms with Crippen LogP contribution in [0.15, 0.2) is 42.5 Å². The zero-order valence-corrected chi connectivity index (χ0v) is 13.2. The number of benzene rings is 2. The Morgan fingerprint density at radius 2 is 1.91 bits per heavy atom. The molecule has 6 nitrogen and oxygen atoms in total. The van der Waals surface area contributed by atoms with Gasteiger partial charge in [-0.1, -0.05) is 18.2 Å². The molecule has 0 aliphatic heterocycles. The van der Waals surface area contributed by atoms with E-state index in [1.54, 1.807) is 26.0 Å². The van der Waals surface area contributed by atoms with Crippen molar-refractivity contribution >= 4 is 19.0 Å². The number of ether oxygens (including phenoxy) is 1. The first kappa shape index (κ1) is 16.2. The van der Waals surface area contributed by atoms with Crippen LogP contribution in [0.4, 0.5) is 5.69 Å². The molecule has 0 bridgehead atoms. The molecule has 0 radical (unpaired) electrons. The van der Waals surface area contributed by atoms with Crippen LogP contribution in [0.1, 0.15) is 12.5 Å². The van der Waals surface area contributed by atoms with Gasteiger partial charge < -0.3 is 9.26 Å². The Morgan fingerprint density at radius 3 is 2.50 bits per heavy atom. The zero-order chi connectivity index (χ0) is 16.1. The van der Waals surface area contributed by atoms with E-state index in [0.717, 1.165) is 0 Å². The Labute approximate surface area is 128 Å². The number of aryl methyl sites for hydroxylation is 1. The van der Waals surface area contributed by atoms with E-state index < -0.39 is 13.0 Å². The summed E-state index contributed by atoms with van der Waals surface area (Å²) in [5.74, 6) is 1.02. The third kappa shape index (κ3) is 3.72. The van der Waals surface area contributed by atoms with Crippen LogP contribution >= 0.6 is 8.03 Å². The molecular formula is C15H16NO5P. The molecule has 0 saturated carbocycles. The summed E-state index contributed by atoms with van der Waals surface area (Å²) < 4.78 is 22.9. The molecule has 22 heavy (non-hydrogen) atoms. The third-order valence-electron chi connectivity index (χ3n) is 2.96. The number of para-hydroxylation sites is 1. The predicted molar refractivity (Wildman–Crippen MR) is 84.6 cm³/mol. The predicted octanol–water partition coefficient (Wildman–Crippen LogP) is 3.83. The Kier molecular flexibility index (Phi) is 5.31. The number of nitro benzene ring substituents is 1. The highest BCUT2D eigenvalue weighted by atomic mass is 31.1. The number of nitrogens with zero attached hydrogens (tertiary/aromatic N) is 1. The molecule has 116 valence electrons. The van der Waals surface area contributed by atoms with E-state index >= 15 is 0 Å². The van der Waals surface area contributed by atoms with Crippen molar-refractivity contribution in [3.63, 3.8) is 0 Å². The molecule has 0 heterocycles. The van der Waals surface area contributed by atoms with E-state index in [0.29, 0.717) is 17.1 Å². The fraction of sp³-hybridized carbons (Fsp3) is 0.200. The van der Waals surface area contributed by atoms with Gasteiger partial charge in [0.25, 0.3) is 5.69 Å². The van der Waals surface area contributed by atoms with Crippen LogP contribution in [0.5, 0.6) is 11.5 Å². The summed E-state index contributed by atoms with van der Waals surface area (Å²) in [5.41, 5.74) is 0.376.